The van der Waals surface area contributed by atoms with E-state index >= 15 is 0 Å². The number of amides is 2. The molecule has 0 unspecified atom stereocenters. The molecule has 0 bridgehead atoms. The lowest BCUT2D eigenvalue weighted by atomic mass is 10.2. The standard InChI is InChI=1S/C19H25N5O2S/c1-3-20-18(26)15-5-4-6-16(11-15)22-17(25)12-23-7-9-24(10-8-23)19-21-14(2)13-27-19/h4-6,11,13H,3,7-10,12H2,1-2H3,(H,20,26)(H,22,25). The van der Waals surface area contributed by atoms with Gasteiger partial charge in [-0.3, -0.25) is 14.5 Å². The molecule has 0 radical (unpaired) electrons. The van der Waals surface area contributed by atoms with E-state index in [0.717, 1.165) is 37.0 Å². The molecule has 3 rings (SSSR count). The van der Waals surface area contributed by atoms with Gasteiger partial charge in [0.15, 0.2) is 5.13 Å². The highest BCUT2D eigenvalue weighted by atomic mass is 32.1. The van der Waals surface area contributed by atoms with Gasteiger partial charge in [0.2, 0.25) is 5.91 Å². The van der Waals surface area contributed by atoms with Crippen LogP contribution in [0.15, 0.2) is 29.6 Å². The summed E-state index contributed by atoms with van der Waals surface area (Å²) in [6.07, 6.45) is 0. The van der Waals surface area contributed by atoms with Crippen molar-refractivity contribution in [1.29, 1.82) is 0 Å². The Morgan fingerprint density at radius 2 is 2.00 bits per heavy atom. The van der Waals surface area contributed by atoms with Crippen LogP contribution in [0.5, 0.6) is 0 Å². The molecule has 2 amide bonds. The second-order valence-electron chi connectivity index (χ2n) is 6.52. The van der Waals surface area contributed by atoms with Crippen LogP contribution in [0, 0.1) is 6.92 Å². The number of carbonyl (C=O) groups excluding carboxylic acids is 2. The van der Waals surface area contributed by atoms with Crippen LogP contribution in [0.2, 0.25) is 0 Å². The minimum absolute atomic E-state index is 0.0680. The quantitative estimate of drug-likeness (QED) is 0.792. The maximum atomic E-state index is 12.4. The Morgan fingerprint density at radius 3 is 2.67 bits per heavy atom. The molecule has 144 valence electrons. The number of benzene rings is 1. The van der Waals surface area contributed by atoms with Gasteiger partial charge in [0.25, 0.3) is 5.91 Å². The summed E-state index contributed by atoms with van der Waals surface area (Å²) in [4.78, 5) is 33.2. The molecule has 0 atom stereocenters. The molecule has 1 fully saturated rings. The van der Waals surface area contributed by atoms with E-state index in [2.05, 4.69) is 30.8 Å². The van der Waals surface area contributed by atoms with Crippen LogP contribution in [0.25, 0.3) is 0 Å². The van der Waals surface area contributed by atoms with E-state index in [1.54, 1.807) is 35.6 Å². The number of rotatable bonds is 6. The number of anilines is 2. The van der Waals surface area contributed by atoms with Crippen molar-refractivity contribution in [2.24, 2.45) is 0 Å². The zero-order valence-corrected chi connectivity index (χ0v) is 16.5. The molecule has 27 heavy (non-hydrogen) atoms. The van der Waals surface area contributed by atoms with Crippen LogP contribution in [-0.2, 0) is 4.79 Å². The number of nitrogens with zero attached hydrogens (tertiary/aromatic N) is 3. The van der Waals surface area contributed by atoms with Gasteiger partial charge in [-0.1, -0.05) is 6.07 Å². The second kappa shape index (κ2) is 8.96. The number of piperazine rings is 1. The van der Waals surface area contributed by atoms with Crippen LogP contribution in [0.1, 0.15) is 23.0 Å². The van der Waals surface area contributed by atoms with Gasteiger partial charge in [-0.05, 0) is 32.0 Å². The average Bonchev–Trinajstić information content (AvgIpc) is 3.09. The van der Waals surface area contributed by atoms with E-state index in [9.17, 15) is 9.59 Å². The number of thiazole rings is 1. The smallest absolute Gasteiger partial charge is 0.251 e. The zero-order chi connectivity index (χ0) is 19.2. The van der Waals surface area contributed by atoms with Crippen molar-refractivity contribution >= 4 is 34.0 Å². The topological polar surface area (TPSA) is 77.6 Å². The van der Waals surface area contributed by atoms with Gasteiger partial charge < -0.3 is 15.5 Å². The molecule has 0 spiro atoms. The van der Waals surface area contributed by atoms with Crippen molar-refractivity contribution < 1.29 is 9.59 Å². The molecule has 8 heteroatoms. The molecule has 1 aromatic carbocycles. The highest BCUT2D eigenvalue weighted by molar-refractivity contribution is 7.13. The molecule has 7 nitrogen and oxygen atoms in total. The first-order valence-electron chi connectivity index (χ1n) is 9.12. The Bertz CT molecular complexity index is 799. The first kappa shape index (κ1) is 19.3. The van der Waals surface area contributed by atoms with Crippen LogP contribution >= 0.6 is 11.3 Å². The minimum atomic E-state index is -0.137. The fourth-order valence-electron chi connectivity index (χ4n) is 2.99. The number of aryl methyl sites for hydroxylation is 1. The molecule has 2 aromatic rings. The first-order chi connectivity index (χ1) is 13.0. The van der Waals surface area contributed by atoms with Gasteiger partial charge >= 0.3 is 0 Å². The fourth-order valence-corrected chi connectivity index (χ4v) is 3.85. The largest absolute Gasteiger partial charge is 0.352 e. The van der Waals surface area contributed by atoms with Crippen molar-refractivity contribution in [2.75, 3.05) is 49.5 Å². The van der Waals surface area contributed by atoms with Gasteiger partial charge in [-0.25, -0.2) is 4.98 Å². The summed E-state index contributed by atoms with van der Waals surface area (Å²) in [5.74, 6) is -0.205. The van der Waals surface area contributed by atoms with Crippen molar-refractivity contribution in [2.45, 2.75) is 13.8 Å². The zero-order valence-electron chi connectivity index (χ0n) is 15.7. The summed E-state index contributed by atoms with van der Waals surface area (Å²) in [7, 11) is 0. The third kappa shape index (κ3) is 5.27. The number of aromatic nitrogens is 1. The maximum absolute atomic E-state index is 12.4. The Hall–Kier alpha value is -2.45. The number of carbonyl (C=O) groups is 2. The Labute approximate surface area is 163 Å². The Morgan fingerprint density at radius 1 is 1.22 bits per heavy atom. The molecule has 2 N–H and O–H groups in total. The molecule has 0 saturated carbocycles. The molecule has 1 aliphatic heterocycles. The summed E-state index contributed by atoms with van der Waals surface area (Å²) in [5.41, 5.74) is 2.23. The van der Waals surface area contributed by atoms with Gasteiger partial charge in [-0.2, -0.15) is 0 Å². The minimum Gasteiger partial charge on any atom is -0.352 e. The van der Waals surface area contributed by atoms with E-state index in [4.69, 9.17) is 0 Å². The SMILES string of the molecule is CCNC(=O)c1cccc(NC(=O)CN2CCN(c3nc(C)cs3)CC2)c1. The predicted octanol–water partition coefficient (Wildman–Crippen LogP) is 1.96. The molecule has 1 saturated heterocycles. The average molecular weight is 388 g/mol. The molecule has 0 aliphatic carbocycles. The maximum Gasteiger partial charge on any atom is 0.251 e. The van der Waals surface area contributed by atoms with Crippen molar-refractivity contribution in [3.63, 3.8) is 0 Å². The molecular weight excluding hydrogens is 362 g/mol. The number of hydrogen-bond donors (Lipinski definition) is 2. The lowest BCUT2D eigenvalue weighted by Gasteiger charge is -2.34. The number of nitrogens with one attached hydrogen (secondary N) is 2. The number of hydrogen-bond acceptors (Lipinski definition) is 6. The van der Waals surface area contributed by atoms with Crippen molar-refractivity contribution in [3.8, 4) is 0 Å². The van der Waals surface area contributed by atoms with Gasteiger partial charge in [0, 0.05) is 49.4 Å². The summed E-state index contributed by atoms with van der Waals surface area (Å²) in [6.45, 7) is 8.17. The lowest BCUT2D eigenvalue weighted by molar-refractivity contribution is -0.117. The van der Waals surface area contributed by atoms with Crippen molar-refractivity contribution in [3.05, 3.63) is 40.9 Å². The van der Waals surface area contributed by atoms with Crippen molar-refractivity contribution in [1.82, 2.24) is 15.2 Å². The van der Waals surface area contributed by atoms with E-state index in [-0.39, 0.29) is 11.8 Å². The Kier molecular flexibility index (Phi) is 6.41. The summed E-state index contributed by atoms with van der Waals surface area (Å²) in [5, 5.41) is 8.76. The third-order valence-electron chi connectivity index (χ3n) is 4.36. The Balaban J connectivity index is 1.49. The summed E-state index contributed by atoms with van der Waals surface area (Å²) < 4.78 is 0. The van der Waals surface area contributed by atoms with Gasteiger partial charge in [0.1, 0.15) is 0 Å². The summed E-state index contributed by atoms with van der Waals surface area (Å²) in [6, 6.07) is 7.00. The van der Waals surface area contributed by atoms with E-state index in [0.29, 0.717) is 24.3 Å². The van der Waals surface area contributed by atoms with Gasteiger partial charge in [-0.15, -0.1) is 11.3 Å². The molecule has 2 heterocycles. The monoisotopic (exact) mass is 387 g/mol. The van der Waals surface area contributed by atoms with Gasteiger partial charge in [0.05, 0.1) is 12.2 Å². The molecule has 1 aliphatic rings. The summed E-state index contributed by atoms with van der Waals surface area (Å²) >= 11 is 1.66. The van der Waals surface area contributed by atoms with Crippen LogP contribution in [0.4, 0.5) is 10.8 Å². The molecule has 1 aromatic heterocycles. The second-order valence-corrected chi connectivity index (χ2v) is 7.36. The highest BCUT2D eigenvalue weighted by Crippen LogP contribution is 2.21. The van der Waals surface area contributed by atoms with Crippen LogP contribution in [0.3, 0.4) is 0 Å². The first-order valence-corrected chi connectivity index (χ1v) is 10.0. The predicted molar refractivity (Wildman–Crippen MR) is 109 cm³/mol. The highest BCUT2D eigenvalue weighted by Gasteiger charge is 2.21. The normalized spacial score (nSPS) is 14.8. The van der Waals surface area contributed by atoms with E-state index in [1.807, 2.05) is 13.8 Å². The lowest BCUT2D eigenvalue weighted by Crippen LogP contribution is -2.48. The van der Waals surface area contributed by atoms with E-state index < -0.39 is 0 Å². The van der Waals surface area contributed by atoms with Crippen LogP contribution in [-0.4, -0.2) is 61.0 Å². The molecular formula is C19H25N5O2S. The fraction of sp³-hybridized carbons (Fsp3) is 0.421. The van der Waals surface area contributed by atoms with E-state index in [1.165, 1.54) is 0 Å². The van der Waals surface area contributed by atoms with Crippen LogP contribution < -0.4 is 15.5 Å². The third-order valence-corrected chi connectivity index (χ3v) is 5.38.